The Bertz CT molecular complexity index is 611. The third-order valence-corrected chi connectivity index (χ3v) is 2.76. The molecule has 0 radical (unpaired) electrons. The lowest BCUT2D eigenvalue weighted by molar-refractivity contribution is 0.426. The highest BCUT2D eigenvalue weighted by Crippen LogP contribution is 2.19. The molecule has 0 aliphatic carbocycles. The molecule has 0 atom stereocenters. The van der Waals surface area contributed by atoms with Crippen LogP contribution in [0.2, 0.25) is 0 Å². The molecule has 2 aromatic carbocycles. The third-order valence-electron chi connectivity index (χ3n) is 2.76. The van der Waals surface area contributed by atoms with Gasteiger partial charge in [0.1, 0.15) is 5.75 Å². The molecule has 0 aliphatic heterocycles. The van der Waals surface area contributed by atoms with Crippen molar-refractivity contribution in [3.8, 4) is 5.75 Å². The van der Waals surface area contributed by atoms with E-state index in [0.717, 1.165) is 0 Å². The zero-order valence-electron chi connectivity index (χ0n) is 10.5. The number of rotatable bonds is 3. The molecule has 0 aliphatic rings. The molecule has 0 heterocycles. The number of phenolic OH excluding ortho intramolecular Hbond substituents is 1. The van der Waals surface area contributed by atoms with Gasteiger partial charge in [-0.15, -0.1) is 0 Å². The fourth-order valence-corrected chi connectivity index (χ4v) is 1.79. The van der Waals surface area contributed by atoms with Crippen molar-refractivity contribution < 1.29 is 15.2 Å². The lowest BCUT2D eigenvalue weighted by Gasteiger charge is -2.05. The maximum Gasteiger partial charge on any atom is 0.488 e. The monoisotopic (exact) mass is 255 g/mol. The number of hydrogen-bond donors (Lipinski definition) is 3. The van der Waals surface area contributed by atoms with Crippen LogP contribution >= 0.6 is 0 Å². The Hall–Kier alpha value is -2.11. The number of phenols is 1. The predicted octanol–water partition coefficient (Wildman–Crippen LogP) is 1.21. The molecule has 0 fully saturated rings. The SMILES string of the molecule is CC(=Nc1cccc(B(O)O)c1)c1ccccc1O. The van der Waals surface area contributed by atoms with Crippen molar-refractivity contribution in [2.45, 2.75) is 6.92 Å². The van der Waals surface area contributed by atoms with Crippen LogP contribution in [0, 0.1) is 0 Å². The second kappa shape index (κ2) is 5.69. The lowest BCUT2D eigenvalue weighted by Crippen LogP contribution is -2.29. The van der Waals surface area contributed by atoms with Crippen LogP contribution in [0.1, 0.15) is 12.5 Å². The van der Waals surface area contributed by atoms with E-state index in [4.69, 9.17) is 10.0 Å². The number of aliphatic imine (C=N–C) groups is 1. The Morgan fingerprint density at radius 1 is 1.05 bits per heavy atom. The summed E-state index contributed by atoms with van der Waals surface area (Å²) in [6, 6.07) is 13.6. The first kappa shape index (κ1) is 13.3. The van der Waals surface area contributed by atoms with Crippen LogP contribution in [0.15, 0.2) is 53.5 Å². The molecule has 0 saturated heterocycles. The second-order valence-corrected chi connectivity index (χ2v) is 4.18. The molecule has 3 N–H and O–H groups in total. The summed E-state index contributed by atoms with van der Waals surface area (Å²) in [6.45, 7) is 1.79. The Balaban J connectivity index is 2.36. The van der Waals surface area contributed by atoms with E-state index >= 15 is 0 Å². The van der Waals surface area contributed by atoms with Gasteiger partial charge in [-0.25, -0.2) is 0 Å². The van der Waals surface area contributed by atoms with Crippen LogP contribution in [0.4, 0.5) is 5.69 Å². The van der Waals surface area contributed by atoms with Crippen LogP contribution in [-0.2, 0) is 0 Å². The topological polar surface area (TPSA) is 73.1 Å². The number of hydrogen-bond acceptors (Lipinski definition) is 4. The number of benzene rings is 2. The van der Waals surface area contributed by atoms with E-state index in [1.807, 2.05) is 6.07 Å². The largest absolute Gasteiger partial charge is 0.507 e. The minimum atomic E-state index is -1.51. The summed E-state index contributed by atoms with van der Waals surface area (Å²) in [5.41, 5.74) is 2.29. The van der Waals surface area contributed by atoms with Gasteiger partial charge in [-0.05, 0) is 36.7 Å². The maximum atomic E-state index is 9.74. The van der Waals surface area contributed by atoms with Crippen molar-refractivity contribution >= 4 is 24.0 Å². The minimum absolute atomic E-state index is 0.169. The van der Waals surface area contributed by atoms with Gasteiger partial charge in [0.15, 0.2) is 0 Å². The van der Waals surface area contributed by atoms with E-state index in [2.05, 4.69) is 4.99 Å². The van der Waals surface area contributed by atoms with Gasteiger partial charge in [-0.3, -0.25) is 4.99 Å². The van der Waals surface area contributed by atoms with Gasteiger partial charge in [0.2, 0.25) is 0 Å². The van der Waals surface area contributed by atoms with Gasteiger partial charge in [0.25, 0.3) is 0 Å². The van der Waals surface area contributed by atoms with Crippen LogP contribution < -0.4 is 5.46 Å². The lowest BCUT2D eigenvalue weighted by atomic mass is 9.80. The van der Waals surface area contributed by atoms with E-state index in [9.17, 15) is 5.11 Å². The van der Waals surface area contributed by atoms with Crippen LogP contribution in [-0.4, -0.2) is 28.0 Å². The standard InChI is InChI=1S/C14H14BNO3/c1-10(13-7-2-3-8-14(13)17)16-12-6-4-5-11(9-12)15(18)19/h2-9,17-19H,1H3. The van der Waals surface area contributed by atoms with Gasteiger partial charge in [0.05, 0.1) is 5.69 Å². The van der Waals surface area contributed by atoms with Crippen LogP contribution in [0.3, 0.4) is 0 Å². The third kappa shape index (κ3) is 3.22. The van der Waals surface area contributed by atoms with Crippen LogP contribution in [0.5, 0.6) is 5.75 Å². The molecular weight excluding hydrogens is 241 g/mol. The smallest absolute Gasteiger partial charge is 0.488 e. The summed E-state index contributed by atoms with van der Waals surface area (Å²) in [5, 5.41) is 28.0. The molecule has 4 nitrogen and oxygen atoms in total. The van der Waals surface area contributed by atoms with Crippen molar-refractivity contribution in [1.82, 2.24) is 0 Å². The quantitative estimate of drug-likeness (QED) is 0.570. The van der Waals surface area contributed by atoms with Crippen molar-refractivity contribution in [2.24, 2.45) is 4.99 Å². The van der Waals surface area contributed by atoms with Gasteiger partial charge in [-0.2, -0.15) is 0 Å². The van der Waals surface area contributed by atoms with Gasteiger partial charge in [-0.1, -0.05) is 24.3 Å². The van der Waals surface area contributed by atoms with E-state index in [-0.39, 0.29) is 5.75 Å². The van der Waals surface area contributed by atoms with Crippen molar-refractivity contribution in [1.29, 1.82) is 0 Å². The van der Waals surface area contributed by atoms with Crippen molar-refractivity contribution in [3.05, 3.63) is 54.1 Å². The van der Waals surface area contributed by atoms with Crippen LogP contribution in [0.25, 0.3) is 0 Å². The summed E-state index contributed by atoms with van der Waals surface area (Å²) < 4.78 is 0. The molecule has 0 unspecified atom stereocenters. The molecule has 0 spiro atoms. The fraction of sp³-hybridized carbons (Fsp3) is 0.0714. The fourth-order valence-electron chi connectivity index (χ4n) is 1.79. The summed E-state index contributed by atoms with van der Waals surface area (Å²) in [6.07, 6.45) is 0. The number of nitrogens with zero attached hydrogens (tertiary/aromatic N) is 1. The van der Waals surface area contributed by atoms with Crippen molar-refractivity contribution in [3.63, 3.8) is 0 Å². The number of para-hydroxylation sites is 1. The second-order valence-electron chi connectivity index (χ2n) is 4.18. The van der Waals surface area contributed by atoms with Crippen molar-refractivity contribution in [2.75, 3.05) is 0 Å². The Labute approximate surface area is 111 Å². The average Bonchev–Trinajstić information content (AvgIpc) is 2.39. The van der Waals surface area contributed by atoms with E-state index in [1.165, 1.54) is 0 Å². The zero-order valence-corrected chi connectivity index (χ0v) is 10.5. The Kier molecular flexibility index (Phi) is 3.99. The van der Waals surface area contributed by atoms with Gasteiger partial charge in [0, 0.05) is 11.3 Å². The summed E-state index contributed by atoms with van der Waals surface area (Å²) in [5.74, 6) is 0.169. The normalized spacial score (nSPS) is 11.4. The number of aromatic hydroxyl groups is 1. The molecule has 0 aromatic heterocycles. The maximum absolute atomic E-state index is 9.74. The van der Waals surface area contributed by atoms with E-state index < -0.39 is 7.12 Å². The van der Waals surface area contributed by atoms with E-state index in [0.29, 0.717) is 22.4 Å². The summed E-state index contributed by atoms with van der Waals surface area (Å²) in [7, 11) is -1.51. The van der Waals surface area contributed by atoms with E-state index in [1.54, 1.807) is 49.4 Å². The highest BCUT2D eigenvalue weighted by molar-refractivity contribution is 6.58. The Morgan fingerprint density at radius 3 is 2.47 bits per heavy atom. The molecule has 0 saturated carbocycles. The first-order chi connectivity index (χ1) is 9.08. The molecule has 96 valence electrons. The summed E-state index contributed by atoms with van der Waals surface area (Å²) in [4.78, 5) is 4.37. The Morgan fingerprint density at radius 2 is 1.79 bits per heavy atom. The predicted molar refractivity (Wildman–Crippen MR) is 76.2 cm³/mol. The first-order valence-electron chi connectivity index (χ1n) is 5.87. The molecule has 2 rings (SSSR count). The molecule has 0 amide bonds. The molecular formula is C14H14BNO3. The highest BCUT2D eigenvalue weighted by Gasteiger charge is 2.10. The zero-order chi connectivity index (χ0) is 13.8. The molecule has 2 aromatic rings. The molecule has 19 heavy (non-hydrogen) atoms. The first-order valence-corrected chi connectivity index (χ1v) is 5.87. The molecule has 0 bridgehead atoms. The minimum Gasteiger partial charge on any atom is -0.507 e. The average molecular weight is 255 g/mol. The summed E-state index contributed by atoms with van der Waals surface area (Å²) >= 11 is 0. The van der Waals surface area contributed by atoms with Gasteiger partial charge >= 0.3 is 7.12 Å². The molecule has 5 heteroatoms. The van der Waals surface area contributed by atoms with Gasteiger partial charge < -0.3 is 15.2 Å². The highest BCUT2D eigenvalue weighted by atomic mass is 16.4.